The SMILES string of the molecule is N#Cc1ccccc1COc1ccc(/C=C2\C(=O)NC(=S)N(c3ccc(Cl)cc3)C2=O)cc1. The zero-order valence-corrected chi connectivity index (χ0v) is 18.7. The molecule has 3 aromatic carbocycles. The van der Waals surface area contributed by atoms with E-state index in [-0.39, 0.29) is 17.3 Å². The second-order valence-electron chi connectivity index (χ2n) is 7.06. The Balaban J connectivity index is 1.52. The molecular formula is C25H16ClN3O3S. The van der Waals surface area contributed by atoms with Crippen LogP contribution in [0.5, 0.6) is 5.75 Å². The number of halogens is 1. The molecule has 1 heterocycles. The fourth-order valence-electron chi connectivity index (χ4n) is 3.23. The van der Waals surface area contributed by atoms with Crippen molar-refractivity contribution < 1.29 is 14.3 Å². The van der Waals surface area contributed by atoms with Gasteiger partial charge in [0, 0.05) is 10.6 Å². The fourth-order valence-corrected chi connectivity index (χ4v) is 3.63. The maximum absolute atomic E-state index is 13.0. The third-order valence-corrected chi connectivity index (χ3v) is 5.45. The minimum atomic E-state index is -0.566. The maximum Gasteiger partial charge on any atom is 0.270 e. The Morgan fingerprint density at radius 2 is 1.73 bits per heavy atom. The summed E-state index contributed by atoms with van der Waals surface area (Å²) in [6.07, 6.45) is 1.50. The highest BCUT2D eigenvalue weighted by Gasteiger charge is 2.34. The van der Waals surface area contributed by atoms with E-state index in [1.165, 1.54) is 11.0 Å². The normalized spacial score (nSPS) is 14.7. The smallest absolute Gasteiger partial charge is 0.270 e. The molecule has 0 spiro atoms. The highest BCUT2D eigenvalue weighted by Crippen LogP contribution is 2.24. The number of benzene rings is 3. The molecule has 0 unspecified atom stereocenters. The molecule has 4 rings (SSSR count). The number of nitrogens with one attached hydrogen (secondary N) is 1. The van der Waals surface area contributed by atoms with Gasteiger partial charge in [0.2, 0.25) is 0 Å². The van der Waals surface area contributed by atoms with Crippen molar-refractivity contribution in [2.75, 3.05) is 4.90 Å². The van der Waals surface area contributed by atoms with Crippen molar-refractivity contribution in [2.45, 2.75) is 6.61 Å². The minimum absolute atomic E-state index is 0.00544. The molecule has 162 valence electrons. The summed E-state index contributed by atoms with van der Waals surface area (Å²) >= 11 is 11.1. The lowest BCUT2D eigenvalue weighted by atomic mass is 10.1. The van der Waals surface area contributed by atoms with E-state index in [1.807, 2.05) is 12.1 Å². The highest BCUT2D eigenvalue weighted by molar-refractivity contribution is 7.80. The van der Waals surface area contributed by atoms with Crippen LogP contribution in [0.1, 0.15) is 16.7 Å². The minimum Gasteiger partial charge on any atom is -0.489 e. The molecule has 3 aromatic rings. The Bertz CT molecular complexity index is 1310. The van der Waals surface area contributed by atoms with Crippen LogP contribution in [0.25, 0.3) is 6.08 Å². The lowest BCUT2D eigenvalue weighted by Gasteiger charge is -2.28. The maximum atomic E-state index is 13.0. The predicted molar refractivity (Wildman–Crippen MR) is 130 cm³/mol. The van der Waals surface area contributed by atoms with Crippen molar-refractivity contribution in [1.82, 2.24) is 5.32 Å². The molecule has 6 nitrogen and oxygen atoms in total. The fraction of sp³-hybridized carbons (Fsp3) is 0.0400. The van der Waals surface area contributed by atoms with Gasteiger partial charge in [-0.05, 0) is 66.3 Å². The summed E-state index contributed by atoms with van der Waals surface area (Å²) in [5.41, 5.74) is 2.44. The van der Waals surface area contributed by atoms with Gasteiger partial charge >= 0.3 is 0 Å². The summed E-state index contributed by atoms with van der Waals surface area (Å²) in [5.74, 6) is -0.503. The molecule has 0 aromatic heterocycles. The van der Waals surface area contributed by atoms with Gasteiger partial charge in [-0.3, -0.25) is 19.8 Å². The van der Waals surface area contributed by atoms with E-state index >= 15 is 0 Å². The van der Waals surface area contributed by atoms with Crippen LogP contribution >= 0.6 is 23.8 Å². The van der Waals surface area contributed by atoms with Crippen LogP contribution in [0.15, 0.2) is 78.4 Å². The number of carbonyl (C=O) groups is 2. The Morgan fingerprint density at radius 1 is 1.03 bits per heavy atom. The first-order valence-electron chi connectivity index (χ1n) is 9.84. The van der Waals surface area contributed by atoms with Gasteiger partial charge in [-0.15, -0.1) is 0 Å². The second-order valence-corrected chi connectivity index (χ2v) is 7.88. The highest BCUT2D eigenvalue weighted by atomic mass is 35.5. The number of hydrogen-bond donors (Lipinski definition) is 1. The van der Waals surface area contributed by atoms with E-state index in [9.17, 15) is 14.9 Å². The van der Waals surface area contributed by atoms with Gasteiger partial charge in [0.25, 0.3) is 11.8 Å². The topological polar surface area (TPSA) is 82.4 Å². The zero-order chi connectivity index (χ0) is 23.4. The van der Waals surface area contributed by atoms with Gasteiger partial charge in [-0.25, -0.2) is 0 Å². The number of thiocarbonyl (C=S) groups is 1. The molecule has 1 aliphatic rings. The molecule has 0 atom stereocenters. The Hall–Kier alpha value is -3.99. The summed E-state index contributed by atoms with van der Waals surface area (Å²) in [6.45, 7) is 0.249. The van der Waals surface area contributed by atoms with Crippen LogP contribution in [0.2, 0.25) is 5.02 Å². The van der Waals surface area contributed by atoms with E-state index in [4.69, 9.17) is 28.6 Å². The van der Waals surface area contributed by atoms with E-state index in [2.05, 4.69) is 11.4 Å². The molecule has 0 aliphatic carbocycles. The zero-order valence-electron chi connectivity index (χ0n) is 17.1. The third kappa shape index (κ3) is 4.93. The monoisotopic (exact) mass is 473 g/mol. The molecule has 1 aliphatic heterocycles. The molecule has 1 saturated heterocycles. The molecule has 0 saturated carbocycles. The van der Waals surface area contributed by atoms with Crippen molar-refractivity contribution in [2.24, 2.45) is 0 Å². The first-order valence-corrected chi connectivity index (χ1v) is 10.6. The van der Waals surface area contributed by atoms with Gasteiger partial charge in [0.15, 0.2) is 5.11 Å². The van der Waals surface area contributed by atoms with Gasteiger partial charge in [0.05, 0.1) is 17.3 Å². The number of anilines is 1. The first-order chi connectivity index (χ1) is 16.0. The molecule has 2 amide bonds. The first kappa shape index (κ1) is 22.2. The van der Waals surface area contributed by atoms with Crippen molar-refractivity contribution in [3.8, 4) is 11.8 Å². The van der Waals surface area contributed by atoms with Gasteiger partial charge in [-0.2, -0.15) is 5.26 Å². The standard InChI is InChI=1S/C25H16ClN3O3S/c26-19-7-9-20(10-8-19)29-24(31)22(23(30)28-25(29)33)13-16-5-11-21(12-6-16)32-15-18-4-2-1-3-17(18)14-27/h1-13H,15H2,(H,28,30,33)/b22-13+. The van der Waals surface area contributed by atoms with Crippen LogP contribution in [0.3, 0.4) is 0 Å². The number of ether oxygens (including phenoxy) is 1. The van der Waals surface area contributed by atoms with Crippen molar-refractivity contribution in [3.63, 3.8) is 0 Å². The summed E-state index contributed by atoms with van der Waals surface area (Å²) in [5, 5.41) is 12.3. The largest absolute Gasteiger partial charge is 0.489 e. The van der Waals surface area contributed by atoms with Crippen molar-refractivity contribution in [3.05, 3.63) is 100 Å². The number of hydrogen-bond acceptors (Lipinski definition) is 5. The van der Waals surface area contributed by atoms with Crippen LogP contribution in [0.4, 0.5) is 5.69 Å². The lowest BCUT2D eigenvalue weighted by molar-refractivity contribution is -0.122. The molecule has 33 heavy (non-hydrogen) atoms. The lowest BCUT2D eigenvalue weighted by Crippen LogP contribution is -2.54. The summed E-state index contributed by atoms with van der Waals surface area (Å²) in [6, 6.07) is 22.9. The number of nitriles is 1. The Morgan fingerprint density at radius 3 is 2.42 bits per heavy atom. The summed E-state index contributed by atoms with van der Waals surface area (Å²) in [7, 11) is 0. The van der Waals surface area contributed by atoms with E-state index in [0.717, 1.165) is 5.56 Å². The summed E-state index contributed by atoms with van der Waals surface area (Å²) in [4.78, 5) is 26.8. The van der Waals surface area contributed by atoms with Crippen LogP contribution in [-0.2, 0) is 16.2 Å². The van der Waals surface area contributed by atoms with E-state index in [0.29, 0.717) is 27.6 Å². The molecule has 8 heteroatoms. The molecule has 0 radical (unpaired) electrons. The Labute approximate surface area is 200 Å². The predicted octanol–water partition coefficient (Wildman–Crippen LogP) is 4.62. The molecule has 1 N–H and O–H groups in total. The van der Waals surface area contributed by atoms with Gasteiger partial charge in [0.1, 0.15) is 17.9 Å². The second kappa shape index (κ2) is 9.65. The quantitative estimate of drug-likeness (QED) is 0.332. The third-order valence-electron chi connectivity index (χ3n) is 4.91. The molecule has 1 fully saturated rings. The van der Waals surface area contributed by atoms with E-state index in [1.54, 1.807) is 60.7 Å². The van der Waals surface area contributed by atoms with Crippen molar-refractivity contribution in [1.29, 1.82) is 5.26 Å². The number of rotatable bonds is 5. The number of carbonyl (C=O) groups excluding carboxylic acids is 2. The average Bonchev–Trinajstić information content (AvgIpc) is 2.82. The van der Waals surface area contributed by atoms with Crippen molar-refractivity contribution >= 4 is 52.5 Å². The summed E-state index contributed by atoms with van der Waals surface area (Å²) < 4.78 is 5.77. The van der Waals surface area contributed by atoms with Crippen LogP contribution in [0, 0.1) is 11.3 Å². The Kier molecular flexibility index (Phi) is 6.50. The number of nitrogens with zero attached hydrogens (tertiary/aromatic N) is 2. The average molecular weight is 474 g/mol. The molecule has 0 bridgehead atoms. The van der Waals surface area contributed by atoms with Crippen LogP contribution < -0.4 is 15.0 Å². The molecular weight excluding hydrogens is 458 g/mol. The van der Waals surface area contributed by atoms with Crippen LogP contribution in [-0.4, -0.2) is 16.9 Å². The van der Waals surface area contributed by atoms with Gasteiger partial charge < -0.3 is 4.74 Å². The number of amides is 2. The van der Waals surface area contributed by atoms with E-state index < -0.39 is 11.8 Å². The van der Waals surface area contributed by atoms with Gasteiger partial charge in [-0.1, -0.05) is 41.9 Å².